The van der Waals surface area contributed by atoms with Crippen molar-refractivity contribution in [3.63, 3.8) is 0 Å². The van der Waals surface area contributed by atoms with E-state index in [1.54, 1.807) is 7.11 Å². The molecule has 1 aromatic carbocycles. The molecule has 0 fully saturated rings. The van der Waals surface area contributed by atoms with E-state index in [4.69, 9.17) is 16.3 Å². The van der Waals surface area contributed by atoms with Gasteiger partial charge in [0.05, 0.1) is 12.1 Å². The lowest BCUT2D eigenvalue weighted by Gasteiger charge is -2.14. The van der Waals surface area contributed by atoms with Gasteiger partial charge in [-0.15, -0.1) is 11.3 Å². The van der Waals surface area contributed by atoms with Crippen LogP contribution in [0.3, 0.4) is 0 Å². The highest BCUT2D eigenvalue weighted by Gasteiger charge is 2.18. The highest BCUT2D eigenvalue weighted by molar-refractivity contribution is 7.21. The van der Waals surface area contributed by atoms with Crippen LogP contribution in [0.25, 0.3) is 10.1 Å². The summed E-state index contributed by atoms with van der Waals surface area (Å²) in [5.74, 6) is 1.20. The molecule has 1 atom stereocenters. The van der Waals surface area contributed by atoms with Crippen LogP contribution in [0.15, 0.2) is 18.2 Å². The summed E-state index contributed by atoms with van der Waals surface area (Å²) in [5, 5.41) is 4.44. The van der Waals surface area contributed by atoms with E-state index in [-0.39, 0.29) is 5.91 Å². The summed E-state index contributed by atoms with van der Waals surface area (Å²) in [7, 11) is 1.62. The van der Waals surface area contributed by atoms with Gasteiger partial charge in [0.1, 0.15) is 10.6 Å². The average molecular weight is 354 g/mol. The van der Waals surface area contributed by atoms with Crippen molar-refractivity contribution in [3.8, 4) is 5.75 Å². The van der Waals surface area contributed by atoms with E-state index < -0.39 is 0 Å². The monoisotopic (exact) mass is 353 g/mol. The lowest BCUT2D eigenvalue weighted by atomic mass is 9.99. The van der Waals surface area contributed by atoms with E-state index in [1.807, 2.05) is 18.2 Å². The summed E-state index contributed by atoms with van der Waals surface area (Å²) in [6.07, 6.45) is 4.63. The molecule has 1 unspecified atom stereocenters. The molecule has 2 aromatic rings. The Kier molecular flexibility index (Phi) is 6.72. The van der Waals surface area contributed by atoms with Crippen LogP contribution < -0.4 is 10.1 Å². The Morgan fingerprint density at radius 3 is 2.83 bits per heavy atom. The third-order valence-electron chi connectivity index (χ3n) is 4.14. The number of nitrogens with one attached hydrogen (secondary N) is 1. The van der Waals surface area contributed by atoms with E-state index in [0.717, 1.165) is 28.7 Å². The minimum Gasteiger partial charge on any atom is -0.497 e. The molecule has 0 aliphatic heterocycles. The van der Waals surface area contributed by atoms with Gasteiger partial charge in [-0.25, -0.2) is 0 Å². The van der Waals surface area contributed by atoms with Gasteiger partial charge in [-0.05, 0) is 30.5 Å². The Balaban J connectivity index is 2.10. The van der Waals surface area contributed by atoms with Crippen molar-refractivity contribution in [3.05, 3.63) is 28.1 Å². The summed E-state index contributed by atoms with van der Waals surface area (Å²) >= 11 is 7.84. The number of hydrogen-bond donors (Lipinski definition) is 1. The maximum atomic E-state index is 12.5. The molecule has 126 valence electrons. The minimum atomic E-state index is -0.0786. The van der Waals surface area contributed by atoms with Gasteiger partial charge in [-0.3, -0.25) is 4.79 Å². The summed E-state index contributed by atoms with van der Waals surface area (Å²) in [6.45, 7) is 5.07. The van der Waals surface area contributed by atoms with Crippen LogP contribution in [-0.4, -0.2) is 19.6 Å². The quantitative estimate of drug-likeness (QED) is 0.679. The van der Waals surface area contributed by atoms with E-state index in [9.17, 15) is 4.79 Å². The molecule has 0 radical (unpaired) electrons. The number of thiophene rings is 1. The molecular formula is C18H24ClNO2S. The molecule has 0 aliphatic carbocycles. The number of hydrogen-bond acceptors (Lipinski definition) is 3. The fourth-order valence-electron chi connectivity index (χ4n) is 2.58. The largest absolute Gasteiger partial charge is 0.497 e. The second-order valence-corrected chi connectivity index (χ2v) is 7.16. The van der Waals surface area contributed by atoms with Gasteiger partial charge in [0.15, 0.2) is 0 Å². The first-order valence-electron chi connectivity index (χ1n) is 8.14. The van der Waals surface area contributed by atoms with Crippen molar-refractivity contribution >= 4 is 38.9 Å². The summed E-state index contributed by atoms with van der Waals surface area (Å²) in [4.78, 5) is 13.1. The van der Waals surface area contributed by atoms with Crippen molar-refractivity contribution in [2.45, 2.75) is 39.5 Å². The number of halogens is 1. The molecule has 2 rings (SSSR count). The van der Waals surface area contributed by atoms with E-state index in [2.05, 4.69) is 19.2 Å². The van der Waals surface area contributed by atoms with Crippen molar-refractivity contribution in [1.82, 2.24) is 5.32 Å². The molecule has 0 bridgehead atoms. The third kappa shape index (κ3) is 4.39. The first kappa shape index (κ1) is 18.1. The van der Waals surface area contributed by atoms with Gasteiger partial charge in [-0.2, -0.15) is 0 Å². The van der Waals surface area contributed by atoms with Gasteiger partial charge < -0.3 is 10.1 Å². The number of methoxy groups -OCH3 is 1. The Morgan fingerprint density at radius 1 is 1.39 bits per heavy atom. The number of carbonyl (C=O) groups excluding carboxylic acids is 1. The number of unbranched alkanes of at least 4 members (excludes halogenated alkanes) is 1. The molecule has 1 N–H and O–H groups in total. The van der Waals surface area contributed by atoms with Crippen LogP contribution in [-0.2, 0) is 0 Å². The summed E-state index contributed by atoms with van der Waals surface area (Å²) in [6, 6.07) is 5.70. The molecule has 1 heterocycles. The van der Waals surface area contributed by atoms with Gasteiger partial charge in [0.25, 0.3) is 5.91 Å². The molecule has 0 spiro atoms. The van der Waals surface area contributed by atoms with Crippen LogP contribution in [0.5, 0.6) is 5.75 Å². The molecule has 23 heavy (non-hydrogen) atoms. The second kappa shape index (κ2) is 8.55. The molecule has 0 saturated heterocycles. The van der Waals surface area contributed by atoms with Crippen LogP contribution in [0.4, 0.5) is 0 Å². The average Bonchev–Trinajstić information content (AvgIpc) is 2.91. The number of fused-ring (bicyclic) bond motifs is 1. The van der Waals surface area contributed by atoms with E-state index >= 15 is 0 Å². The zero-order valence-corrected chi connectivity index (χ0v) is 15.5. The van der Waals surface area contributed by atoms with E-state index in [1.165, 1.54) is 24.2 Å². The first-order valence-corrected chi connectivity index (χ1v) is 9.34. The number of amides is 1. The van der Waals surface area contributed by atoms with Gasteiger partial charge in [0, 0.05) is 16.6 Å². The number of benzene rings is 1. The minimum absolute atomic E-state index is 0.0786. The lowest BCUT2D eigenvalue weighted by Crippen LogP contribution is -2.28. The number of carbonyl (C=O) groups is 1. The second-order valence-electron chi connectivity index (χ2n) is 5.73. The standard InChI is InChI=1S/C18H24ClNO2S/c1-4-6-7-12(5-2)11-20-18(21)17-16(19)14-10-13(22-3)8-9-15(14)23-17/h8-10,12H,4-7,11H2,1-3H3,(H,20,21). The maximum Gasteiger partial charge on any atom is 0.262 e. The Bertz CT molecular complexity index is 668. The fourth-order valence-corrected chi connectivity index (χ4v) is 3.99. The molecule has 1 amide bonds. The smallest absolute Gasteiger partial charge is 0.262 e. The maximum absolute atomic E-state index is 12.5. The molecule has 1 aromatic heterocycles. The van der Waals surface area contributed by atoms with Crippen LogP contribution in [0, 0.1) is 5.92 Å². The predicted molar refractivity (Wildman–Crippen MR) is 99.0 cm³/mol. The van der Waals surface area contributed by atoms with E-state index in [0.29, 0.717) is 22.4 Å². The Hall–Kier alpha value is -1.26. The molecular weight excluding hydrogens is 330 g/mol. The summed E-state index contributed by atoms with van der Waals surface area (Å²) in [5.41, 5.74) is 0. The van der Waals surface area contributed by atoms with Crippen molar-refractivity contribution in [1.29, 1.82) is 0 Å². The fraction of sp³-hybridized carbons (Fsp3) is 0.500. The summed E-state index contributed by atoms with van der Waals surface area (Å²) < 4.78 is 6.22. The SMILES string of the molecule is CCCCC(CC)CNC(=O)c1sc2ccc(OC)cc2c1Cl. The Labute approximate surface area is 147 Å². The van der Waals surface area contributed by atoms with Crippen LogP contribution >= 0.6 is 22.9 Å². The zero-order chi connectivity index (χ0) is 16.8. The van der Waals surface area contributed by atoms with Crippen LogP contribution in [0.1, 0.15) is 49.2 Å². The number of rotatable bonds is 8. The highest BCUT2D eigenvalue weighted by Crippen LogP contribution is 2.37. The Morgan fingerprint density at radius 2 is 2.17 bits per heavy atom. The van der Waals surface area contributed by atoms with Gasteiger partial charge in [0.2, 0.25) is 0 Å². The topological polar surface area (TPSA) is 38.3 Å². The molecule has 3 nitrogen and oxygen atoms in total. The molecule has 0 saturated carbocycles. The van der Waals surface area contributed by atoms with Crippen molar-refractivity contribution < 1.29 is 9.53 Å². The zero-order valence-electron chi connectivity index (χ0n) is 13.9. The molecule has 0 aliphatic rings. The first-order chi connectivity index (χ1) is 11.1. The molecule has 5 heteroatoms. The highest BCUT2D eigenvalue weighted by atomic mass is 35.5. The van der Waals surface area contributed by atoms with Crippen molar-refractivity contribution in [2.75, 3.05) is 13.7 Å². The third-order valence-corrected chi connectivity index (χ3v) is 5.81. The van der Waals surface area contributed by atoms with Gasteiger partial charge >= 0.3 is 0 Å². The van der Waals surface area contributed by atoms with Gasteiger partial charge in [-0.1, -0.05) is 44.7 Å². The van der Waals surface area contributed by atoms with Crippen molar-refractivity contribution in [2.24, 2.45) is 5.92 Å². The van der Waals surface area contributed by atoms with Crippen LogP contribution in [0.2, 0.25) is 5.02 Å². The number of ether oxygens (including phenoxy) is 1. The lowest BCUT2D eigenvalue weighted by molar-refractivity contribution is 0.0950. The normalized spacial score (nSPS) is 12.3. The predicted octanol–water partition coefficient (Wildman–Crippen LogP) is 5.51.